The number of hydrogen-bond acceptors (Lipinski definition) is 4. The summed E-state index contributed by atoms with van der Waals surface area (Å²) in [5.74, 6) is 0.621. The normalized spacial score (nSPS) is 37.7. The lowest BCUT2D eigenvalue weighted by Gasteiger charge is -2.58. The summed E-state index contributed by atoms with van der Waals surface area (Å²) in [6, 6.07) is 0. The Kier molecular flexibility index (Phi) is 7.62. The highest BCUT2D eigenvalue weighted by Crippen LogP contribution is 2.70. The zero-order valence-corrected chi connectivity index (χ0v) is 24.0. The smallest absolute Gasteiger partial charge is 0.330 e. The van der Waals surface area contributed by atoms with Gasteiger partial charge in [0, 0.05) is 17.9 Å². The molecule has 0 saturated heterocycles. The fourth-order valence-corrected chi connectivity index (χ4v) is 9.14. The van der Waals surface area contributed by atoms with E-state index < -0.39 is 5.97 Å². The van der Waals surface area contributed by atoms with Gasteiger partial charge >= 0.3 is 11.9 Å². The topological polar surface area (TPSA) is 83.8 Å². The number of aliphatic carboxylic acids is 1. The van der Waals surface area contributed by atoms with Gasteiger partial charge < -0.3 is 14.9 Å². The summed E-state index contributed by atoms with van der Waals surface area (Å²) >= 11 is 0. The second-order valence-corrected chi connectivity index (χ2v) is 13.5. The Labute approximate surface area is 223 Å². The average Bonchev–Trinajstić information content (AvgIpc) is 3.13. The largest absolute Gasteiger partial charge is 0.478 e. The predicted molar refractivity (Wildman–Crippen MR) is 146 cm³/mol. The third-order valence-corrected chi connectivity index (χ3v) is 11.3. The molecule has 0 aromatic heterocycles. The third kappa shape index (κ3) is 4.64. The lowest BCUT2D eigenvalue weighted by Crippen LogP contribution is -2.55. The molecule has 2 fully saturated rings. The maximum Gasteiger partial charge on any atom is 0.330 e. The van der Waals surface area contributed by atoms with Crippen molar-refractivity contribution in [2.45, 2.75) is 106 Å². The van der Waals surface area contributed by atoms with Gasteiger partial charge in [-0.15, -0.1) is 0 Å². The number of fused-ring (bicyclic) bond motifs is 5. The van der Waals surface area contributed by atoms with Crippen molar-refractivity contribution in [2.24, 2.45) is 39.9 Å². The molecule has 0 aromatic carbocycles. The van der Waals surface area contributed by atoms with Gasteiger partial charge in [0.15, 0.2) is 0 Å². The first-order chi connectivity index (χ1) is 17.3. The van der Waals surface area contributed by atoms with Crippen LogP contribution in [0.1, 0.15) is 99.8 Å². The van der Waals surface area contributed by atoms with Gasteiger partial charge in [-0.1, -0.05) is 57.9 Å². The quantitative estimate of drug-likeness (QED) is 0.221. The number of ether oxygens (including phenoxy) is 1. The molecule has 0 bridgehead atoms. The number of rotatable bonds is 7. The van der Waals surface area contributed by atoms with Crippen molar-refractivity contribution in [3.63, 3.8) is 0 Å². The van der Waals surface area contributed by atoms with E-state index in [0.29, 0.717) is 29.2 Å². The number of carbonyl (C=O) groups is 2. The molecular formula is C32H48O5. The van der Waals surface area contributed by atoms with Gasteiger partial charge in [-0.05, 0) is 98.4 Å². The maximum atomic E-state index is 11.8. The third-order valence-electron chi connectivity index (χ3n) is 11.3. The van der Waals surface area contributed by atoms with Crippen molar-refractivity contribution in [3.05, 3.63) is 34.4 Å². The summed E-state index contributed by atoms with van der Waals surface area (Å²) < 4.78 is 5.82. The van der Waals surface area contributed by atoms with E-state index in [2.05, 4.69) is 40.7 Å². The van der Waals surface area contributed by atoms with Crippen molar-refractivity contribution in [1.82, 2.24) is 0 Å². The molecule has 5 nitrogen and oxygen atoms in total. The van der Waals surface area contributed by atoms with Crippen molar-refractivity contribution in [3.8, 4) is 0 Å². The Morgan fingerprint density at radius 1 is 1.16 bits per heavy atom. The Bertz CT molecular complexity index is 1030. The van der Waals surface area contributed by atoms with Crippen LogP contribution in [0.25, 0.3) is 0 Å². The summed E-state index contributed by atoms with van der Waals surface area (Å²) in [6.45, 7) is 15.1. The molecule has 4 aliphatic rings. The highest BCUT2D eigenvalue weighted by Gasteiger charge is 2.63. The van der Waals surface area contributed by atoms with Gasteiger partial charge in [-0.25, -0.2) is 4.79 Å². The first-order valence-corrected chi connectivity index (χ1v) is 14.4. The Morgan fingerprint density at radius 3 is 2.49 bits per heavy atom. The Balaban J connectivity index is 1.61. The second-order valence-electron chi connectivity index (χ2n) is 13.5. The van der Waals surface area contributed by atoms with Gasteiger partial charge in [-0.2, -0.15) is 0 Å². The van der Waals surface area contributed by atoms with E-state index in [4.69, 9.17) is 9.84 Å². The monoisotopic (exact) mass is 512 g/mol. The van der Waals surface area contributed by atoms with Crippen LogP contribution in [0.5, 0.6) is 0 Å². The Hall–Kier alpha value is -1.88. The number of carboxylic acids is 1. The summed E-state index contributed by atoms with van der Waals surface area (Å²) in [5, 5.41) is 19.8. The van der Waals surface area contributed by atoms with E-state index in [1.807, 2.05) is 6.08 Å². The molecule has 2 N–H and O–H groups in total. The molecule has 206 valence electrons. The highest BCUT2D eigenvalue weighted by atomic mass is 16.5. The molecule has 0 aromatic rings. The number of aliphatic hydroxyl groups excluding tert-OH is 1. The number of aliphatic hydroxyl groups is 1. The average molecular weight is 513 g/mol. The fourth-order valence-electron chi connectivity index (χ4n) is 9.14. The molecule has 0 aliphatic heterocycles. The molecule has 2 saturated carbocycles. The minimum absolute atomic E-state index is 0.0311. The highest BCUT2D eigenvalue weighted by molar-refractivity contribution is 5.85. The van der Waals surface area contributed by atoms with Crippen molar-refractivity contribution >= 4 is 11.9 Å². The molecule has 7 atom stereocenters. The molecule has 0 spiro atoms. The summed E-state index contributed by atoms with van der Waals surface area (Å²) in [6.07, 6.45) is 12.2. The van der Waals surface area contributed by atoms with Crippen molar-refractivity contribution in [1.29, 1.82) is 0 Å². The molecule has 0 radical (unpaired) electrons. The SMILES string of the molecule is CC(=O)O[C@@H]1CC[C@]2(C)[C@@H]3C[C@H]4C(CO)=C([C@H](C)CC/C=C(/C)C(=O)O)CC[C@@]4(C)C3=CC[C@H]2C1(C)C. The van der Waals surface area contributed by atoms with Gasteiger partial charge in [0.2, 0.25) is 0 Å². The molecule has 0 unspecified atom stereocenters. The minimum atomic E-state index is -0.852. The number of carbonyl (C=O) groups excluding carboxylic acids is 1. The van der Waals surface area contributed by atoms with Gasteiger partial charge in [0.05, 0.1) is 6.61 Å². The summed E-state index contributed by atoms with van der Waals surface area (Å²) in [4.78, 5) is 23.0. The lowest BCUT2D eigenvalue weighted by molar-refractivity contribution is -0.171. The van der Waals surface area contributed by atoms with Gasteiger partial charge in [0.1, 0.15) is 6.10 Å². The molecule has 0 heterocycles. The van der Waals surface area contributed by atoms with Crippen molar-refractivity contribution in [2.75, 3.05) is 6.61 Å². The van der Waals surface area contributed by atoms with E-state index in [1.165, 1.54) is 18.1 Å². The van der Waals surface area contributed by atoms with Gasteiger partial charge in [-0.3, -0.25) is 4.79 Å². The zero-order chi connectivity index (χ0) is 27.3. The van der Waals surface area contributed by atoms with Crippen LogP contribution < -0.4 is 0 Å². The van der Waals surface area contributed by atoms with Crippen molar-refractivity contribution < 1.29 is 24.5 Å². The summed E-state index contributed by atoms with van der Waals surface area (Å²) in [7, 11) is 0. The molecular weight excluding hydrogens is 464 g/mol. The van der Waals surface area contributed by atoms with Crippen LogP contribution in [-0.4, -0.2) is 34.9 Å². The summed E-state index contributed by atoms with van der Waals surface area (Å²) in [5.41, 5.74) is 4.87. The van der Waals surface area contributed by atoms with E-state index in [9.17, 15) is 14.7 Å². The fraction of sp³-hybridized carbons (Fsp3) is 0.750. The van der Waals surface area contributed by atoms with Crippen LogP contribution in [0.2, 0.25) is 0 Å². The maximum absolute atomic E-state index is 11.8. The predicted octanol–water partition coefficient (Wildman–Crippen LogP) is 6.86. The van der Waals surface area contributed by atoms with E-state index >= 15 is 0 Å². The van der Waals surface area contributed by atoms with E-state index in [0.717, 1.165) is 51.4 Å². The van der Waals surface area contributed by atoms with E-state index in [1.54, 1.807) is 12.5 Å². The van der Waals surface area contributed by atoms with E-state index in [-0.39, 0.29) is 34.9 Å². The molecule has 37 heavy (non-hydrogen) atoms. The lowest BCUT2D eigenvalue weighted by atomic mass is 9.47. The number of carboxylic acid groups (broad SMARTS) is 1. The Morgan fingerprint density at radius 2 is 1.86 bits per heavy atom. The van der Waals surface area contributed by atoms with Crippen LogP contribution in [-0.2, 0) is 14.3 Å². The second kappa shape index (κ2) is 10.0. The molecule has 0 amide bonds. The number of hydrogen-bond donors (Lipinski definition) is 2. The molecule has 4 aliphatic carbocycles. The standard InChI is InChI=1S/C32H48O5/c1-19(9-8-10-20(2)29(35)36)22-13-15-31(6)24-11-12-27-30(4,5)28(37-21(3)34)14-16-32(27,7)26(24)17-25(31)23(22)18-33/h10-11,19,25-28,33H,8-9,12-18H2,1-7H3,(H,35,36)/b20-10-/t19-,25+,26-,27+,28-,31+,32-/m1/s1. The molecule has 4 rings (SSSR count). The van der Waals surface area contributed by atoms with Crippen LogP contribution in [0.4, 0.5) is 0 Å². The van der Waals surface area contributed by atoms with Crippen LogP contribution in [0, 0.1) is 39.9 Å². The number of esters is 1. The first-order valence-electron chi connectivity index (χ1n) is 14.4. The van der Waals surface area contributed by atoms with Crippen LogP contribution in [0.15, 0.2) is 34.4 Å². The minimum Gasteiger partial charge on any atom is -0.478 e. The molecule has 5 heteroatoms. The van der Waals surface area contributed by atoms with Gasteiger partial charge in [0.25, 0.3) is 0 Å². The zero-order valence-electron chi connectivity index (χ0n) is 24.0. The van der Waals surface area contributed by atoms with Crippen LogP contribution >= 0.6 is 0 Å². The number of allylic oxidation sites excluding steroid dienone is 4. The first kappa shape index (κ1) is 28.1. The van der Waals surface area contributed by atoms with Crippen LogP contribution in [0.3, 0.4) is 0 Å².